The smallest absolute Gasteiger partial charge is 0.196 e. The van der Waals surface area contributed by atoms with E-state index < -0.39 is 5.92 Å². The molecule has 3 heteroatoms. The van der Waals surface area contributed by atoms with E-state index in [4.69, 9.17) is 0 Å². The van der Waals surface area contributed by atoms with Crippen LogP contribution in [0.2, 0.25) is 0 Å². The summed E-state index contributed by atoms with van der Waals surface area (Å²) in [5.41, 5.74) is -0.0110. The van der Waals surface area contributed by atoms with Crippen LogP contribution in [0.3, 0.4) is 0 Å². The van der Waals surface area contributed by atoms with Crippen LogP contribution in [0.5, 0.6) is 0 Å². The quantitative estimate of drug-likeness (QED) is 0.756. The fraction of sp³-hybridized carbons (Fsp3) is 0.0769. The highest BCUT2D eigenvalue weighted by molar-refractivity contribution is 9.10. The molecule has 0 aliphatic carbocycles. The largest absolute Gasteiger partial charge is 0.299 e. The summed E-state index contributed by atoms with van der Waals surface area (Å²) in [5.74, 6) is -2.97. The third-order valence-corrected chi connectivity index (χ3v) is 3.04. The van der Waals surface area contributed by atoms with Gasteiger partial charge >= 0.3 is 0 Å². The first-order valence-corrected chi connectivity index (χ1v) is 5.60. The third kappa shape index (κ3) is 2.00. The van der Waals surface area contributed by atoms with Crippen molar-refractivity contribution in [3.05, 3.63) is 70.2 Å². The maximum absolute atomic E-state index is 14.1. The van der Waals surface area contributed by atoms with E-state index in [1.54, 1.807) is 36.4 Å². The molecule has 0 aromatic heterocycles. The monoisotopic (exact) mass is 282 g/mol. The average molecular weight is 283 g/mol. The summed E-state index contributed by atoms with van der Waals surface area (Å²) in [6, 6.07) is 14.2. The standard InChI is InChI=1S/C13H9BrF2/c14-12-9-5-4-8-11(12)13(15,16)10-6-2-1-3-7-10/h1-9H. The Morgan fingerprint density at radius 2 is 1.38 bits per heavy atom. The molecule has 0 heterocycles. The number of halogens is 3. The van der Waals surface area contributed by atoms with E-state index in [1.807, 2.05) is 0 Å². The van der Waals surface area contributed by atoms with Crippen LogP contribution in [0.15, 0.2) is 59.1 Å². The zero-order valence-corrected chi connectivity index (χ0v) is 9.92. The summed E-state index contributed by atoms with van der Waals surface area (Å²) in [6.45, 7) is 0. The molecule has 0 atom stereocenters. The van der Waals surface area contributed by atoms with Crippen molar-refractivity contribution < 1.29 is 8.78 Å². The van der Waals surface area contributed by atoms with E-state index in [9.17, 15) is 8.78 Å². The Kier molecular flexibility index (Phi) is 3.06. The molecule has 0 unspecified atom stereocenters. The van der Waals surface area contributed by atoms with Gasteiger partial charge < -0.3 is 0 Å². The van der Waals surface area contributed by atoms with Crippen LogP contribution in [0.25, 0.3) is 0 Å². The van der Waals surface area contributed by atoms with Crippen LogP contribution in [-0.2, 0) is 5.92 Å². The molecule has 2 aromatic carbocycles. The SMILES string of the molecule is FC(F)(c1ccccc1)c1ccccc1Br. The number of alkyl halides is 2. The van der Waals surface area contributed by atoms with E-state index in [0.29, 0.717) is 4.47 Å². The van der Waals surface area contributed by atoms with Crippen molar-refractivity contribution in [3.8, 4) is 0 Å². The van der Waals surface area contributed by atoms with Crippen LogP contribution in [0, 0.1) is 0 Å². The lowest BCUT2D eigenvalue weighted by molar-refractivity contribution is 0.0420. The molecule has 0 saturated heterocycles. The van der Waals surface area contributed by atoms with Gasteiger partial charge in [0.05, 0.1) is 0 Å². The van der Waals surface area contributed by atoms with Gasteiger partial charge in [-0.15, -0.1) is 0 Å². The van der Waals surface area contributed by atoms with Crippen molar-refractivity contribution >= 4 is 15.9 Å². The molecule has 0 amide bonds. The predicted molar refractivity (Wildman–Crippen MR) is 63.6 cm³/mol. The number of benzene rings is 2. The Balaban J connectivity index is 2.51. The van der Waals surface area contributed by atoms with E-state index in [2.05, 4.69) is 15.9 Å². The Bertz CT molecular complexity index is 480. The number of hydrogen-bond donors (Lipinski definition) is 0. The molecule has 0 aliphatic heterocycles. The van der Waals surface area contributed by atoms with Gasteiger partial charge in [0.15, 0.2) is 0 Å². The van der Waals surface area contributed by atoms with Gasteiger partial charge in [-0.1, -0.05) is 64.5 Å². The van der Waals surface area contributed by atoms with E-state index in [1.165, 1.54) is 18.2 Å². The van der Waals surface area contributed by atoms with Crippen LogP contribution < -0.4 is 0 Å². The molecule has 0 spiro atoms. The maximum Gasteiger partial charge on any atom is 0.299 e. The Hall–Kier alpha value is -1.22. The van der Waals surface area contributed by atoms with Gasteiger partial charge in [-0.3, -0.25) is 0 Å². The van der Waals surface area contributed by atoms with E-state index in [-0.39, 0.29) is 11.1 Å². The highest BCUT2D eigenvalue weighted by Crippen LogP contribution is 2.38. The topological polar surface area (TPSA) is 0 Å². The molecule has 0 nitrogen and oxygen atoms in total. The fourth-order valence-electron chi connectivity index (χ4n) is 1.52. The summed E-state index contributed by atoms with van der Waals surface area (Å²) in [7, 11) is 0. The van der Waals surface area contributed by atoms with E-state index in [0.717, 1.165) is 0 Å². The minimum Gasteiger partial charge on any atom is -0.196 e. The van der Waals surface area contributed by atoms with Crippen LogP contribution in [0.1, 0.15) is 11.1 Å². The first-order valence-electron chi connectivity index (χ1n) is 4.80. The molecular formula is C13H9BrF2. The zero-order valence-electron chi connectivity index (χ0n) is 8.33. The second-order valence-corrected chi connectivity index (χ2v) is 4.27. The van der Waals surface area contributed by atoms with Crippen molar-refractivity contribution in [2.45, 2.75) is 5.92 Å². The Labute approximate surface area is 101 Å². The van der Waals surface area contributed by atoms with Gasteiger partial charge in [0, 0.05) is 15.6 Å². The third-order valence-electron chi connectivity index (χ3n) is 2.35. The molecule has 0 saturated carbocycles. The van der Waals surface area contributed by atoms with Crippen molar-refractivity contribution in [1.29, 1.82) is 0 Å². The molecule has 2 aromatic rings. The molecule has 0 radical (unpaired) electrons. The van der Waals surface area contributed by atoms with Gasteiger partial charge in [-0.25, -0.2) is 0 Å². The second-order valence-electron chi connectivity index (χ2n) is 3.42. The minimum atomic E-state index is -2.97. The first kappa shape index (κ1) is 11.3. The summed E-state index contributed by atoms with van der Waals surface area (Å²) in [4.78, 5) is 0. The molecule has 0 fully saturated rings. The lowest BCUT2D eigenvalue weighted by atomic mass is 10.0. The molecule has 0 bridgehead atoms. The predicted octanol–water partition coefficient (Wildman–Crippen LogP) is 4.59. The summed E-state index contributed by atoms with van der Waals surface area (Å²) in [6.07, 6.45) is 0. The van der Waals surface area contributed by atoms with Crippen LogP contribution in [0.4, 0.5) is 8.78 Å². The number of hydrogen-bond acceptors (Lipinski definition) is 0. The van der Waals surface area contributed by atoms with Crippen LogP contribution in [-0.4, -0.2) is 0 Å². The number of rotatable bonds is 2. The fourth-order valence-corrected chi connectivity index (χ4v) is 2.05. The molecule has 82 valence electrons. The minimum absolute atomic E-state index is 0.00176. The molecule has 0 aliphatic rings. The Morgan fingerprint density at radius 1 is 0.812 bits per heavy atom. The zero-order chi connectivity index (χ0) is 11.6. The molecular weight excluding hydrogens is 274 g/mol. The van der Waals surface area contributed by atoms with Gasteiger partial charge in [0.25, 0.3) is 5.92 Å². The lowest BCUT2D eigenvalue weighted by Crippen LogP contribution is -2.15. The van der Waals surface area contributed by atoms with Crippen LogP contribution >= 0.6 is 15.9 Å². The Morgan fingerprint density at radius 3 is 2.00 bits per heavy atom. The molecule has 0 N–H and O–H groups in total. The van der Waals surface area contributed by atoms with Crippen molar-refractivity contribution in [3.63, 3.8) is 0 Å². The first-order chi connectivity index (χ1) is 7.62. The van der Waals surface area contributed by atoms with Crippen molar-refractivity contribution in [2.24, 2.45) is 0 Å². The van der Waals surface area contributed by atoms with Gasteiger partial charge in [-0.2, -0.15) is 8.78 Å². The second kappa shape index (κ2) is 4.34. The lowest BCUT2D eigenvalue weighted by Gasteiger charge is -2.18. The molecule has 2 rings (SSSR count). The molecule has 16 heavy (non-hydrogen) atoms. The summed E-state index contributed by atoms with van der Waals surface area (Å²) in [5, 5.41) is 0. The van der Waals surface area contributed by atoms with Crippen molar-refractivity contribution in [2.75, 3.05) is 0 Å². The van der Waals surface area contributed by atoms with Gasteiger partial charge in [0.2, 0.25) is 0 Å². The van der Waals surface area contributed by atoms with Gasteiger partial charge in [-0.05, 0) is 6.07 Å². The highest BCUT2D eigenvalue weighted by Gasteiger charge is 2.35. The van der Waals surface area contributed by atoms with Gasteiger partial charge in [0.1, 0.15) is 0 Å². The van der Waals surface area contributed by atoms with Crippen molar-refractivity contribution in [1.82, 2.24) is 0 Å². The normalized spacial score (nSPS) is 11.4. The highest BCUT2D eigenvalue weighted by atomic mass is 79.9. The summed E-state index contributed by atoms with van der Waals surface area (Å²) < 4.78 is 28.7. The average Bonchev–Trinajstić information content (AvgIpc) is 2.30. The van der Waals surface area contributed by atoms with E-state index >= 15 is 0 Å². The summed E-state index contributed by atoms with van der Waals surface area (Å²) >= 11 is 3.15. The maximum atomic E-state index is 14.1.